The number of carbonyl (C=O) groups is 5. The van der Waals surface area contributed by atoms with Gasteiger partial charge in [-0.15, -0.1) is 0 Å². The number of nitrogens with two attached hydrogens (primary N) is 1. The molecule has 4 aromatic carbocycles. The fourth-order valence-corrected chi connectivity index (χ4v) is 13.2. The zero-order valence-electron chi connectivity index (χ0n) is 64.5. The first-order valence-corrected chi connectivity index (χ1v) is 39.8. The first kappa shape index (κ1) is 87.7. The maximum atomic E-state index is 12.3. The van der Waals surface area contributed by atoms with Crippen LogP contribution in [0.1, 0.15) is 163 Å². The summed E-state index contributed by atoms with van der Waals surface area (Å²) < 4.78 is 27.8. The van der Waals surface area contributed by atoms with E-state index in [1.807, 2.05) is 120 Å². The number of aromatic carboxylic acids is 1. The van der Waals surface area contributed by atoms with E-state index in [9.17, 15) is 38.4 Å². The normalized spacial score (nSPS) is 12.1. The van der Waals surface area contributed by atoms with Crippen molar-refractivity contribution >= 4 is 116 Å². The molecule has 0 spiro atoms. The highest BCUT2D eigenvalue weighted by atomic mass is 36.0. The number of anilines is 1. The average molecular weight is 1610 g/mol. The Morgan fingerprint density at radius 2 is 0.973 bits per heavy atom. The Morgan fingerprint density at radius 1 is 0.550 bits per heavy atom. The molecular weight excluding hydrogens is 1520 g/mol. The van der Waals surface area contributed by atoms with Gasteiger partial charge in [0.05, 0.1) is 49.5 Å². The van der Waals surface area contributed by atoms with Crippen molar-refractivity contribution in [3.05, 3.63) is 214 Å². The Labute approximate surface area is 662 Å². The summed E-state index contributed by atoms with van der Waals surface area (Å²) in [6, 6.07) is 28.8. The van der Waals surface area contributed by atoms with Gasteiger partial charge in [-0.05, 0) is 258 Å². The number of aromatic amines is 2. The van der Waals surface area contributed by atoms with E-state index in [-0.39, 0.29) is 28.4 Å². The zero-order valence-corrected chi connectivity index (χ0v) is 68.5. The fourth-order valence-electron chi connectivity index (χ4n) is 13.0. The summed E-state index contributed by atoms with van der Waals surface area (Å²) in [6.07, 6.45) is 12.5. The quantitative estimate of drug-likeness (QED) is 0.0114. The number of nitrogen functional groups attached to an aromatic ring is 1. The van der Waals surface area contributed by atoms with Gasteiger partial charge in [0.15, 0.2) is 39.8 Å². The number of hydrogen-bond donors (Lipinski definition) is 6. The number of rotatable bonds is 9. The zero-order chi connectivity index (χ0) is 82.0. The predicted molar refractivity (Wildman–Crippen MR) is 437 cm³/mol. The lowest BCUT2D eigenvalue weighted by Crippen LogP contribution is -2.18. The van der Waals surface area contributed by atoms with Gasteiger partial charge in [0, 0.05) is 47.5 Å². The lowest BCUT2D eigenvalue weighted by molar-refractivity contribution is -0.134. The van der Waals surface area contributed by atoms with Gasteiger partial charge in [-0.25, -0.2) is 47.7 Å². The second kappa shape index (κ2) is 39.4. The van der Waals surface area contributed by atoms with E-state index < -0.39 is 36.2 Å². The molecule has 31 heteroatoms. The molecule has 7 heterocycles. The van der Waals surface area contributed by atoms with Crippen LogP contribution in [-0.4, -0.2) is 127 Å². The Bertz CT molecular complexity index is 5480. The van der Waals surface area contributed by atoms with Crippen molar-refractivity contribution in [3.63, 3.8) is 0 Å². The molecule has 0 saturated heterocycles. The predicted octanol–water partition coefficient (Wildman–Crippen LogP) is 16.8. The lowest BCUT2D eigenvalue weighted by atomic mass is 9.74. The lowest BCUT2D eigenvalue weighted by Gasteiger charge is -2.15. The maximum absolute atomic E-state index is 12.3. The minimum absolute atomic E-state index is 0.00369. The van der Waals surface area contributed by atoms with Crippen LogP contribution in [0.15, 0.2) is 113 Å². The SMILES string of the molecule is COC(=O)C#CC(C)=O.COC(=O)c1cc(=O)n2[nH]c(C)c(-c3c(C)cccc3C)c2n1.COC(=O)c1cc(Cl)n2nc(C)c(-c3c(C)cccc3C)c2n1.Cc1cccc(C)c1-c1c(C)nn2c(C3=CCCCC3)cc(C(=O)O)nc12.Cc1cccc(C)c1-c1c(N)n[nH]c1C.O=P(Cl)(Cl)Cl.OB(O)C1=CCCCC1. The van der Waals surface area contributed by atoms with Crippen LogP contribution in [0.2, 0.25) is 5.15 Å². The fraction of sp³-hybridized carbons (Fsp3) is 0.300. The number of carboxylic acids is 1. The molecule has 582 valence electrons. The largest absolute Gasteiger partial charge is 0.483 e. The molecule has 0 bridgehead atoms. The number of carbonyl (C=O) groups excluding carboxylic acids is 4. The highest BCUT2D eigenvalue weighted by molar-refractivity contribution is 8.24. The van der Waals surface area contributed by atoms with Gasteiger partial charge in [-0.3, -0.25) is 24.4 Å². The van der Waals surface area contributed by atoms with Crippen LogP contribution in [-0.2, 0) is 28.4 Å². The Morgan fingerprint density at radius 3 is 1.37 bits per heavy atom. The smallest absolute Gasteiger partial charge is 0.477 e. The van der Waals surface area contributed by atoms with Crippen molar-refractivity contribution < 1.29 is 57.9 Å². The van der Waals surface area contributed by atoms with Gasteiger partial charge in [-0.2, -0.15) is 15.3 Å². The summed E-state index contributed by atoms with van der Waals surface area (Å²) in [4.78, 5) is 81.1. The van der Waals surface area contributed by atoms with E-state index in [1.54, 1.807) is 10.6 Å². The van der Waals surface area contributed by atoms with E-state index in [0.717, 1.165) is 150 Å². The summed E-state index contributed by atoms with van der Waals surface area (Å²) in [5.74, 6) is 1.37. The number of ketones is 1. The monoisotopic (exact) mass is 1610 g/mol. The second-order valence-electron chi connectivity index (χ2n) is 26.2. The average Bonchev–Trinajstić information content (AvgIpc) is 1.63. The summed E-state index contributed by atoms with van der Waals surface area (Å²) in [6.45, 7) is 25.4. The topological polar surface area (TPSA) is 356 Å². The minimum atomic E-state index is -3.22. The molecule has 0 fully saturated rings. The molecule has 0 unspecified atom stereocenters. The molecule has 0 aliphatic heterocycles. The number of nitrogens with one attached hydrogen (secondary N) is 2. The molecule has 13 rings (SSSR count). The van der Waals surface area contributed by atoms with Crippen molar-refractivity contribution in [2.75, 3.05) is 27.1 Å². The molecule has 111 heavy (non-hydrogen) atoms. The van der Waals surface area contributed by atoms with Crippen LogP contribution in [0, 0.1) is 94.9 Å². The highest BCUT2D eigenvalue weighted by Gasteiger charge is 2.26. The van der Waals surface area contributed by atoms with Gasteiger partial charge in [0.25, 0.3) is 5.56 Å². The summed E-state index contributed by atoms with van der Waals surface area (Å²) >= 11 is 20.1. The molecule has 0 saturated carbocycles. The van der Waals surface area contributed by atoms with E-state index in [4.69, 9.17) is 37.2 Å². The molecule has 7 aromatic heterocycles. The van der Waals surface area contributed by atoms with E-state index in [0.29, 0.717) is 27.9 Å². The number of fused-ring (bicyclic) bond motifs is 3. The minimum Gasteiger partial charge on any atom is -0.477 e. The van der Waals surface area contributed by atoms with Crippen LogP contribution in [0.3, 0.4) is 0 Å². The number of H-pyrrole nitrogens is 2. The van der Waals surface area contributed by atoms with Gasteiger partial charge in [0.2, 0.25) is 5.78 Å². The van der Waals surface area contributed by atoms with Crippen LogP contribution in [0.25, 0.3) is 67.0 Å². The molecule has 0 radical (unpaired) electrons. The molecule has 7 N–H and O–H groups in total. The number of aromatic nitrogens is 11. The van der Waals surface area contributed by atoms with E-state index in [1.165, 1.54) is 74.4 Å². The standard InChI is InChI=1S/C22H23N3O2.C17H16ClN3O2.C17H17N3O3.C12H15N3.C6H11BO2.C6H6O3.Cl3OP/c1-13-8-7-9-14(2)19(13)20-15(3)24-25-18(16-10-5-4-6-11-16)12-17(22(26)27)23-21(20)25;1-9-6-5-7-10(2)14(9)15-11(3)20-21-13(18)8-12(17(22)23-4)19-16(15)21;1-9-6-5-7-10(2)14(9)15-11(3)19-20-13(21)8-12(17(22)23-4)18-16(15)20;1-7-5-4-6-8(2)10(7)11-9(3)14-15-12(11)13;8-7(9)6-4-2-1-3-5-6;1-5(7)3-4-6(8)9-2;1-5(2,3)4/h7-10,12H,4-6,11H2,1-3H3,(H,26,27);5-8H,1-4H3;5-8,19H,1-4H3;4-6H,1-3H3,(H3,13,14,15);4,8-9H,1-3,5H2;1-2H3;. The van der Waals surface area contributed by atoms with Gasteiger partial charge >= 0.3 is 36.2 Å². The number of carboxylic acid groups (broad SMARTS) is 1. The summed E-state index contributed by atoms with van der Waals surface area (Å²) in [5, 5.41) is 43.3. The molecule has 0 amide bonds. The van der Waals surface area contributed by atoms with Crippen LogP contribution >= 0.6 is 50.5 Å². The third kappa shape index (κ3) is 22.4. The summed E-state index contributed by atoms with van der Waals surface area (Å²) in [7, 11) is 2.58. The van der Waals surface area contributed by atoms with Crippen molar-refractivity contribution in [1.82, 2.24) is 54.0 Å². The van der Waals surface area contributed by atoms with Gasteiger partial charge < -0.3 is 35.1 Å². The molecular formula is C80H88BCl4N12O13P. The highest BCUT2D eigenvalue weighted by Crippen LogP contribution is 2.61. The number of esters is 3. The number of methoxy groups -OCH3 is 3. The van der Waals surface area contributed by atoms with Crippen molar-refractivity contribution in [1.29, 1.82) is 0 Å². The Kier molecular flexibility index (Phi) is 31.2. The first-order chi connectivity index (χ1) is 52.4. The van der Waals surface area contributed by atoms with E-state index >= 15 is 0 Å². The number of halogens is 4. The van der Waals surface area contributed by atoms with E-state index in [2.05, 4.69) is 143 Å². The Hall–Kier alpha value is -10.5. The number of hydrogen-bond acceptors (Lipinski definition) is 19. The maximum Gasteiger partial charge on any atom is 0.483 e. The molecule has 2 aliphatic carbocycles. The van der Waals surface area contributed by atoms with Crippen molar-refractivity contribution in [2.45, 2.75) is 141 Å². The van der Waals surface area contributed by atoms with Crippen LogP contribution < -0.4 is 11.3 Å². The molecule has 11 aromatic rings. The third-order valence-electron chi connectivity index (χ3n) is 18.0. The number of nitrogens with zero attached hydrogens (tertiary/aromatic N) is 9. The van der Waals surface area contributed by atoms with Gasteiger partial charge in [0.1, 0.15) is 5.15 Å². The first-order valence-electron chi connectivity index (χ1n) is 35.0. The molecule has 0 atom stereocenters. The number of ether oxygens (including phenoxy) is 3. The Balaban J connectivity index is 0.000000190. The number of aryl methyl sites for hydroxylation is 12. The van der Waals surface area contributed by atoms with Crippen molar-refractivity contribution in [2.24, 2.45) is 0 Å². The summed E-state index contributed by atoms with van der Waals surface area (Å²) in [5.41, 5.74) is 30.8. The molecule has 25 nitrogen and oxygen atoms in total. The second-order valence-corrected chi connectivity index (χ2v) is 33.2. The van der Waals surface area contributed by atoms with Gasteiger partial charge in [-0.1, -0.05) is 96.5 Å². The number of benzene rings is 4. The van der Waals surface area contributed by atoms with Crippen molar-refractivity contribution in [3.8, 4) is 56.3 Å². The third-order valence-corrected chi connectivity index (χ3v) is 18.3. The van der Waals surface area contributed by atoms with Crippen LogP contribution in [0.5, 0.6) is 0 Å². The molecule has 2 aliphatic rings. The number of Topliss-reactive ketones (excluding diaryl/α,β-unsaturated/α-hetero) is 1. The number of allylic oxidation sites excluding steroid dienone is 4. The van der Waals surface area contributed by atoms with Crippen LogP contribution in [0.4, 0.5) is 5.82 Å².